The predicted molar refractivity (Wildman–Crippen MR) is 84.8 cm³/mol. The SMILES string of the molecule is Cc1ccc(CC(C)(C)[C@@H](O)c2ccc(C)cc2)cc1. The first-order chi connectivity index (χ1) is 9.38. The fraction of sp³-hybridized carbons (Fsp3) is 0.368. The van der Waals surface area contributed by atoms with Crippen LogP contribution >= 0.6 is 0 Å². The number of benzene rings is 2. The first kappa shape index (κ1) is 14.8. The molecule has 0 spiro atoms. The molecule has 0 fully saturated rings. The average Bonchev–Trinajstić information content (AvgIpc) is 2.41. The Hall–Kier alpha value is -1.60. The van der Waals surface area contributed by atoms with E-state index in [0.717, 1.165) is 12.0 Å². The van der Waals surface area contributed by atoms with Gasteiger partial charge in [-0.05, 0) is 36.8 Å². The summed E-state index contributed by atoms with van der Waals surface area (Å²) in [5.41, 5.74) is 4.56. The van der Waals surface area contributed by atoms with Crippen LogP contribution in [0.3, 0.4) is 0 Å². The zero-order valence-electron chi connectivity index (χ0n) is 12.9. The molecule has 2 rings (SSSR count). The summed E-state index contributed by atoms with van der Waals surface area (Å²) in [4.78, 5) is 0. The summed E-state index contributed by atoms with van der Waals surface area (Å²) in [5.74, 6) is 0. The quantitative estimate of drug-likeness (QED) is 0.858. The summed E-state index contributed by atoms with van der Waals surface area (Å²) in [6, 6.07) is 16.7. The zero-order valence-corrected chi connectivity index (χ0v) is 12.9. The fourth-order valence-corrected chi connectivity index (χ4v) is 2.53. The van der Waals surface area contributed by atoms with Crippen LogP contribution in [0.4, 0.5) is 0 Å². The van der Waals surface area contributed by atoms with Crippen molar-refractivity contribution in [1.29, 1.82) is 0 Å². The molecule has 1 nitrogen and oxygen atoms in total. The topological polar surface area (TPSA) is 20.2 Å². The van der Waals surface area contributed by atoms with Crippen LogP contribution in [-0.2, 0) is 6.42 Å². The van der Waals surface area contributed by atoms with E-state index in [1.807, 2.05) is 12.1 Å². The maximum Gasteiger partial charge on any atom is 0.0844 e. The monoisotopic (exact) mass is 268 g/mol. The molecule has 0 amide bonds. The maximum absolute atomic E-state index is 10.7. The Bertz CT molecular complexity index is 549. The van der Waals surface area contributed by atoms with Gasteiger partial charge < -0.3 is 5.11 Å². The van der Waals surface area contributed by atoms with Crippen molar-refractivity contribution < 1.29 is 5.11 Å². The molecule has 2 aromatic carbocycles. The van der Waals surface area contributed by atoms with Gasteiger partial charge in [0.2, 0.25) is 0 Å². The third-order valence-corrected chi connectivity index (χ3v) is 3.91. The molecule has 1 N–H and O–H groups in total. The van der Waals surface area contributed by atoms with Crippen LogP contribution in [0.15, 0.2) is 48.5 Å². The second-order valence-electron chi connectivity index (χ2n) is 6.46. The van der Waals surface area contributed by atoms with E-state index in [-0.39, 0.29) is 5.41 Å². The Morgan fingerprint density at radius 1 is 0.850 bits per heavy atom. The molecule has 2 aromatic rings. The molecule has 106 valence electrons. The Kier molecular flexibility index (Phi) is 4.29. The van der Waals surface area contributed by atoms with E-state index in [0.29, 0.717) is 0 Å². The van der Waals surface area contributed by atoms with Crippen molar-refractivity contribution in [1.82, 2.24) is 0 Å². The Morgan fingerprint density at radius 3 is 1.80 bits per heavy atom. The Labute approximate surface area is 122 Å². The van der Waals surface area contributed by atoms with Crippen LogP contribution in [0.25, 0.3) is 0 Å². The summed E-state index contributed by atoms with van der Waals surface area (Å²) in [5, 5.41) is 10.7. The highest BCUT2D eigenvalue weighted by atomic mass is 16.3. The van der Waals surface area contributed by atoms with E-state index >= 15 is 0 Å². The number of aliphatic hydroxyl groups excluding tert-OH is 1. The normalized spacial score (nSPS) is 13.2. The lowest BCUT2D eigenvalue weighted by molar-refractivity contribution is 0.0494. The van der Waals surface area contributed by atoms with Crippen molar-refractivity contribution in [2.75, 3.05) is 0 Å². The smallest absolute Gasteiger partial charge is 0.0844 e. The third kappa shape index (κ3) is 3.49. The second kappa shape index (κ2) is 5.80. The fourth-order valence-electron chi connectivity index (χ4n) is 2.53. The molecule has 0 unspecified atom stereocenters. The Balaban J connectivity index is 2.16. The zero-order chi connectivity index (χ0) is 14.8. The van der Waals surface area contributed by atoms with Crippen LogP contribution in [0.2, 0.25) is 0 Å². The summed E-state index contributed by atoms with van der Waals surface area (Å²) in [6.45, 7) is 8.40. The van der Waals surface area contributed by atoms with Gasteiger partial charge in [-0.2, -0.15) is 0 Å². The number of hydrogen-bond donors (Lipinski definition) is 1. The molecule has 0 saturated carbocycles. The minimum absolute atomic E-state index is 0.190. The number of aliphatic hydroxyl groups is 1. The molecular formula is C19H24O. The van der Waals surface area contributed by atoms with Gasteiger partial charge in [-0.25, -0.2) is 0 Å². The van der Waals surface area contributed by atoms with Gasteiger partial charge in [0.25, 0.3) is 0 Å². The van der Waals surface area contributed by atoms with E-state index in [2.05, 4.69) is 64.1 Å². The van der Waals surface area contributed by atoms with Gasteiger partial charge in [0.05, 0.1) is 6.10 Å². The van der Waals surface area contributed by atoms with Gasteiger partial charge in [0, 0.05) is 0 Å². The average molecular weight is 268 g/mol. The minimum Gasteiger partial charge on any atom is -0.388 e. The molecule has 1 atom stereocenters. The van der Waals surface area contributed by atoms with Gasteiger partial charge >= 0.3 is 0 Å². The highest BCUT2D eigenvalue weighted by Gasteiger charge is 2.29. The van der Waals surface area contributed by atoms with Crippen LogP contribution in [0, 0.1) is 19.3 Å². The molecule has 0 saturated heterocycles. The largest absolute Gasteiger partial charge is 0.388 e. The van der Waals surface area contributed by atoms with Gasteiger partial charge in [0.1, 0.15) is 0 Å². The van der Waals surface area contributed by atoms with Crippen LogP contribution in [0.5, 0.6) is 0 Å². The highest BCUT2D eigenvalue weighted by molar-refractivity contribution is 5.26. The molecule has 0 aliphatic heterocycles. The summed E-state index contributed by atoms with van der Waals surface area (Å²) in [7, 11) is 0. The third-order valence-electron chi connectivity index (χ3n) is 3.91. The molecule has 0 bridgehead atoms. The molecule has 0 radical (unpaired) electrons. The van der Waals surface area contributed by atoms with E-state index in [4.69, 9.17) is 0 Å². The molecule has 0 heterocycles. The van der Waals surface area contributed by atoms with Crippen LogP contribution < -0.4 is 0 Å². The first-order valence-corrected chi connectivity index (χ1v) is 7.19. The van der Waals surface area contributed by atoms with E-state index in [1.54, 1.807) is 0 Å². The Morgan fingerprint density at radius 2 is 1.30 bits per heavy atom. The van der Waals surface area contributed by atoms with E-state index < -0.39 is 6.10 Å². The summed E-state index contributed by atoms with van der Waals surface area (Å²) in [6.07, 6.45) is 0.409. The number of hydrogen-bond acceptors (Lipinski definition) is 1. The molecule has 0 aliphatic rings. The minimum atomic E-state index is -0.454. The van der Waals surface area contributed by atoms with E-state index in [9.17, 15) is 5.11 Å². The molecule has 1 heteroatoms. The lowest BCUT2D eigenvalue weighted by Crippen LogP contribution is -2.24. The van der Waals surface area contributed by atoms with Crippen LogP contribution in [-0.4, -0.2) is 5.11 Å². The predicted octanol–water partition coefficient (Wildman–Crippen LogP) is 4.61. The number of aryl methyl sites for hydroxylation is 2. The second-order valence-corrected chi connectivity index (χ2v) is 6.46. The van der Waals surface area contributed by atoms with Crippen molar-refractivity contribution in [3.63, 3.8) is 0 Å². The molecular weight excluding hydrogens is 244 g/mol. The van der Waals surface area contributed by atoms with Gasteiger partial charge in [-0.1, -0.05) is 73.5 Å². The van der Waals surface area contributed by atoms with E-state index in [1.165, 1.54) is 16.7 Å². The standard InChI is InChI=1S/C19H24O/c1-14-5-9-16(10-6-14)13-19(3,4)18(20)17-11-7-15(2)8-12-17/h5-12,18,20H,13H2,1-4H3/t18-/m0/s1. The van der Waals surface area contributed by atoms with Crippen molar-refractivity contribution in [2.24, 2.45) is 5.41 Å². The molecule has 0 aliphatic carbocycles. The summed E-state index contributed by atoms with van der Waals surface area (Å²) >= 11 is 0. The van der Waals surface area contributed by atoms with Crippen molar-refractivity contribution in [3.8, 4) is 0 Å². The highest BCUT2D eigenvalue weighted by Crippen LogP contribution is 2.36. The van der Waals surface area contributed by atoms with Crippen molar-refractivity contribution >= 4 is 0 Å². The van der Waals surface area contributed by atoms with Crippen LogP contribution in [0.1, 0.15) is 42.2 Å². The van der Waals surface area contributed by atoms with Gasteiger partial charge in [-0.15, -0.1) is 0 Å². The lowest BCUT2D eigenvalue weighted by atomic mass is 9.77. The molecule has 0 aromatic heterocycles. The molecule has 20 heavy (non-hydrogen) atoms. The van der Waals surface area contributed by atoms with Crippen molar-refractivity contribution in [2.45, 2.75) is 40.2 Å². The maximum atomic E-state index is 10.7. The van der Waals surface area contributed by atoms with Gasteiger partial charge in [-0.3, -0.25) is 0 Å². The summed E-state index contributed by atoms with van der Waals surface area (Å²) < 4.78 is 0. The van der Waals surface area contributed by atoms with Crippen molar-refractivity contribution in [3.05, 3.63) is 70.8 Å². The lowest BCUT2D eigenvalue weighted by Gasteiger charge is -2.31. The first-order valence-electron chi connectivity index (χ1n) is 7.19. The van der Waals surface area contributed by atoms with Gasteiger partial charge in [0.15, 0.2) is 0 Å². The number of rotatable bonds is 4.